The van der Waals surface area contributed by atoms with Gasteiger partial charge in [-0.3, -0.25) is 0 Å². The second-order valence-corrected chi connectivity index (χ2v) is 10.9. The fourth-order valence-corrected chi connectivity index (χ4v) is 5.86. The second kappa shape index (κ2) is 14.8. The minimum Gasteiger partial charge on any atom is -0.491 e. The van der Waals surface area contributed by atoms with Crippen molar-refractivity contribution in [2.75, 3.05) is 6.61 Å². The van der Waals surface area contributed by atoms with Crippen LogP contribution in [0.5, 0.6) is 5.75 Å². The molecule has 0 N–H and O–H groups in total. The first kappa shape index (κ1) is 26.3. The molecule has 1 aromatic rings. The Morgan fingerprint density at radius 2 is 1.55 bits per heavy atom. The molecule has 1 aromatic carbocycles. The van der Waals surface area contributed by atoms with E-state index in [0.29, 0.717) is 12.4 Å². The highest BCUT2D eigenvalue weighted by atomic mass is 19.1. The maximum atomic E-state index is 14.4. The van der Waals surface area contributed by atoms with Crippen LogP contribution >= 0.6 is 0 Å². The Morgan fingerprint density at radius 3 is 2.21 bits per heavy atom. The van der Waals surface area contributed by atoms with E-state index in [1.54, 1.807) is 11.6 Å². The van der Waals surface area contributed by atoms with Crippen molar-refractivity contribution in [1.29, 1.82) is 0 Å². The lowest BCUT2D eigenvalue weighted by atomic mass is 9.76. The predicted molar refractivity (Wildman–Crippen MR) is 139 cm³/mol. The van der Waals surface area contributed by atoms with Gasteiger partial charge in [-0.2, -0.15) is 0 Å². The lowest BCUT2D eigenvalue weighted by Crippen LogP contribution is -2.16. The Kier molecular flexibility index (Phi) is 11.8. The number of ether oxygens (including phenoxy) is 1. The molecule has 1 atom stereocenters. The minimum atomic E-state index is -0.207. The molecule has 1 saturated carbocycles. The summed E-state index contributed by atoms with van der Waals surface area (Å²) < 4.78 is 20.0. The van der Waals surface area contributed by atoms with E-state index in [4.69, 9.17) is 4.74 Å². The Labute approximate surface area is 203 Å². The SMILES string of the molecule is CCCCCOc1ccc(CCC2=CCC(CC[C@H]3CC[C@H](CCCC)CC3)CC2)cc1F. The number of aryl methyl sites for hydroxylation is 1. The molecule has 3 rings (SSSR count). The van der Waals surface area contributed by atoms with Crippen LogP contribution in [0, 0.1) is 23.6 Å². The van der Waals surface area contributed by atoms with Gasteiger partial charge in [0, 0.05) is 0 Å². The number of unbranched alkanes of at least 4 members (excludes halogenated alkanes) is 3. The van der Waals surface area contributed by atoms with Crippen LogP contribution in [-0.4, -0.2) is 6.61 Å². The molecule has 33 heavy (non-hydrogen) atoms. The van der Waals surface area contributed by atoms with Crippen LogP contribution in [0.2, 0.25) is 0 Å². The van der Waals surface area contributed by atoms with Gasteiger partial charge in [-0.1, -0.05) is 95.8 Å². The van der Waals surface area contributed by atoms with Crippen molar-refractivity contribution in [3.63, 3.8) is 0 Å². The van der Waals surface area contributed by atoms with Crippen molar-refractivity contribution < 1.29 is 9.13 Å². The zero-order valence-electron chi connectivity index (χ0n) is 21.6. The molecule has 0 aliphatic heterocycles. The number of allylic oxidation sites excluding steroid dienone is 2. The lowest BCUT2D eigenvalue weighted by molar-refractivity contribution is 0.235. The summed E-state index contributed by atoms with van der Waals surface area (Å²) in [5.41, 5.74) is 2.67. The summed E-state index contributed by atoms with van der Waals surface area (Å²) in [6, 6.07) is 5.54. The summed E-state index contributed by atoms with van der Waals surface area (Å²) in [4.78, 5) is 0. The standard InChI is InChI=1S/C31H49FO/c1-3-5-7-23-33-31-22-21-29(24-30(31)32)20-19-28-17-15-27(16-18-28)14-13-26-11-9-25(10-12-26)8-6-4-2/h17,21-22,24-27H,3-16,18-20,23H2,1-2H3/t25-,26-,27?. The Balaban J connectivity index is 1.31. The van der Waals surface area contributed by atoms with Gasteiger partial charge in [0.05, 0.1) is 6.61 Å². The molecule has 0 heterocycles. The molecule has 0 saturated heterocycles. The van der Waals surface area contributed by atoms with Crippen LogP contribution in [0.25, 0.3) is 0 Å². The van der Waals surface area contributed by atoms with Gasteiger partial charge < -0.3 is 4.74 Å². The van der Waals surface area contributed by atoms with Gasteiger partial charge in [-0.05, 0) is 80.4 Å². The quantitative estimate of drug-likeness (QED) is 0.200. The van der Waals surface area contributed by atoms with Crippen LogP contribution in [0.1, 0.15) is 122 Å². The molecule has 0 amide bonds. The van der Waals surface area contributed by atoms with Gasteiger partial charge in [-0.15, -0.1) is 0 Å². The van der Waals surface area contributed by atoms with Crippen molar-refractivity contribution in [2.24, 2.45) is 17.8 Å². The van der Waals surface area contributed by atoms with E-state index >= 15 is 0 Å². The maximum absolute atomic E-state index is 14.4. The van der Waals surface area contributed by atoms with Gasteiger partial charge in [0.1, 0.15) is 0 Å². The van der Waals surface area contributed by atoms with Crippen molar-refractivity contribution in [2.45, 2.75) is 123 Å². The molecule has 186 valence electrons. The number of hydrogen-bond donors (Lipinski definition) is 0. The van der Waals surface area contributed by atoms with Crippen LogP contribution in [-0.2, 0) is 6.42 Å². The van der Waals surface area contributed by atoms with E-state index < -0.39 is 0 Å². The largest absolute Gasteiger partial charge is 0.491 e. The third-order valence-corrected chi connectivity index (χ3v) is 8.27. The summed E-state index contributed by atoms with van der Waals surface area (Å²) in [5.74, 6) is 3.13. The average molecular weight is 457 g/mol. The summed E-state index contributed by atoms with van der Waals surface area (Å²) in [6.45, 7) is 5.09. The zero-order chi connectivity index (χ0) is 23.3. The highest BCUT2D eigenvalue weighted by Gasteiger charge is 2.22. The van der Waals surface area contributed by atoms with Gasteiger partial charge in [0.25, 0.3) is 0 Å². The van der Waals surface area contributed by atoms with Crippen LogP contribution in [0.4, 0.5) is 4.39 Å². The molecule has 1 unspecified atom stereocenters. The van der Waals surface area contributed by atoms with Crippen LogP contribution in [0.3, 0.4) is 0 Å². The Hall–Kier alpha value is -1.31. The summed E-state index contributed by atoms with van der Waals surface area (Å²) >= 11 is 0. The van der Waals surface area contributed by atoms with Crippen LogP contribution in [0.15, 0.2) is 29.8 Å². The number of halogens is 1. The van der Waals surface area contributed by atoms with E-state index in [0.717, 1.165) is 55.4 Å². The van der Waals surface area contributed by atoms with Crippen molar-refractivity contribution in [3.05, 3.63) is 41.2 Å². The van der Waals surface area contributed by atoms with E-state index in [9.17, 15) is 4.39 Å². The molecule has 0 radical (unpaired) electrons. The smallest absolute Gasteiger partial charge is 0.165 e. The Bertz CT molecular complexity index is 701. The van der Waals surface area contributed by atoms with E-state index in [-0.39, 0.29) is 5.82 Å². The second-order valence-electron chi connectivity index (χ2n) is 10.9. The van der Waals surface area contributed by atoms with Crippen molar-refractivity contribution >= 4 is 0 Å². The predicted octanol–water partition coefficient (Wildman–Crippen LogP) is 9.83. The fraction of sp³-hybridized carbons (Fsp3) is 0.742. The molecule has 0 spiro atoms. The molecule has 1 fully saturated rings. The summed E-state index contributed by atoms with van der Waals surface area (Å²) in [5, 5.41) is 0. The lowest BCUT2D eigenvalue weighted by Gasteiger charge is -2.30. The highest BCUT2D eigenvalue weighted by Crippen LogP contribution is 2.37. The highest BCUT2D eigenvalue weighted by molar-refractivity contribution is 5.30. The molecular weight excluding hydrogens is 407 g/mol. The number of hydrogen-bond acceptors (Lipinski definition) is 1. The van der Waals surface area contributed by atoms with Crippen molar-refractivity contribution in [3.8, 4) is 5.75 Å². The molecule has 0 aromatic heterocycles. The van der Waals surface area contributed by atoms with E-state index in [1.165, 1.54) is 77.0 Å². The minimum absolute atomic E-state index is 0.207. The fourth-order valence-electron chi connectivity index (χ4n) is 5.86. The van der Waals surface area contributed by atoms with E-state index in [2.05, 4.69) is 19.9 Å². The van der Waals surface area contributed by atoms with Gasteiger partial charge in [-0.25, -0.2) is 4.39 Å². The maximum Gasteiger partial charge on any atom is 0.165 e. The molecular formula is C31H49FO. The zero-order valence-corrected chi connectivity index (χ0v) is 21.6. The monoisotopic (exact) mass is 456 g/mol. The third-order valence-electron chi connectivity index (χ3n) is 8.27. The first-order chi connectivity index (χ1) is 16.2. The summed E-state index contributed by atoms with van der Waals surface area (Å²) in [6.07, 6.45) is 24.8. The first-order valence-corrected chi connectivity index (χ1v) is 14.3. The Morgan fingerprint density at radius 1 is 0.818 bits per heavy atom. The number of rotatable bonds is 14. The topological polar surface area (TPSA) is 9.23 Å². The van der Waals surface area contributed by atoms with Crippen molar-refractivity contribution in [1.82, 2.24) is 0 Å². The van der Waals surface area contributed by atoms with Gasteiger partial charge in [0.2, 0.25) is 0 Å². The normalized spacial score (nSPS) is 23.4. The average Bonchev–Trinajstić information content (AvgIpc) is 2.85. The molecule has 2 heteroatoms. The van der Waals surface area contributed by atoms with E-state index in [1.807, 2.05) is 12.1 Å². The van der Waals surface area contributed by atoms with Gasteiger partial charge >= 0.3 is 0 Å². The molecule has 0 bridgehead atoms. The van der Waals surface area contributed by atoms with Gasteiger partial charge in [0.15, 0.2) is 11.6 Å². The first-order valence-electron chi connectivity index (χ1n) is 14.3. The van der Waals surface area contributed by atoms with Crippen LogP contribution < -0.4 is 4.74 Å². The third kappa shape index (κ3) is 9.45. The summed E-state index contributed by atoms with van der Waals surface area (Å²) in [7, 11) is 0. The number of benzene rings is 1. The molecule has 1 nitrogen and oxygen atoms in total. The molecule has 2 aliphatic rings. The molecule has 2 aliphatic carbocycles.